The number of benzene rings is 1. The maximum Gasteiger partial charge on any atom is 0.171 e. The van der Waals surface area contributed by atoms with Gasteiger partial charge in [-0.2, -0.15) is 0 Å². The van der Waals surface area contributed by atoms with Crippen molar-refractivity contribution in [1.29, 1.82) is 0 Å². The van der Waals surface area contributed by atoms with Crippen LogP contribution in [0.3, 0.4) is 0 Å². The number of nitrogens with zero attached hydrogens (tertiary/aromatic N) is 2. The molecule has 0 saturated heterocycles. The fraction of sp³-hybridized carbons (Fsp3) is 0. The standard InChI is InChI=1S/C12H8ClN3S/c13-11-12(15-5-4-14-11)16-9-1-2-10-8(7-9)3-6-17-10/h1-7H,(H,15,16). The molecule has 0 unspecified atom stereocenters. The minimum absolute atomic E-state index is 0.373. The normalized spacial score (nSPS) is 10.6. The lowest BCUT2D eigenvalue weighted by Gasteiger charge is -2.06. The number of halogens is 1. The summed E-state index contributed by atoms with van der Waals surface area (Å²) in [4.78, 5) is 8.11. The maximum absolute atomic E-state index is 5.94. The Bertz CT molecular complexity index is 665. The molecule has 0 aliphatic rings. The zero-order chi connectivity index (χ0) is 11.7. The van der Waals surface area contributed by atoms with Gasteiger partial charge in [0, 0.05) is 22.8 Å². The number of aromatic nitrogens is 2. The van der Waals surface area contributed by atoms with Crippen LogP contribution in [0.25, 0.3) is 10.1 Å². The zero-order valence-electron chi connectivity index (χ0n) is 8.72. The molecule has 17 heavy (non-hydrogen) atoms. The highest BCUT2D eigenvalue weighted by molar-refractivity contribution is 7.17. The van der Waals surface area contributed by atoms with Gasteiger partial charge >= 0.3 is 0 Å². The van der Waals surface area contributed by atoms with Crippen molar-refractivity contribution in [3.63, 3.8) is 0 Å². The highest BCUT2D eigenvalue weighted by Gasteiger charge is 2.03. The Morgan fingerprint density at radius 2 is 2.00 bits per heavy atom. The van der Waals surface area contributed by atoms with Crippen molar-refractivity contribution in [3.8, 4) is 0 Å². The van der Waals surface area contributed by atoms with Crippen LogP contribution in [0.1, 0.15) is 0 Å². The van der Waals surface area contributed by atoms with Gasteiger partial charge in [0.05, 0.1) is 0 Å². The first-order valence-corrected chi connectivity index (χ1v) is 6.29. The number of thiophene rings is 1. The van der Waals surface area contributed by atoms with E-state index in [4.69, 9.17) is 11.6 Å². The summed E-state index contributed by atoms with van der Waals surface area (Å²) >= 11 is 7.66. The van der Waals surface area contributed by atoms with Gasteiger partial charge in [0.25, 0.3) is 0 Å². The van der Waals surface area contributed by atoms with Crippen molar-refractivity contribution in [2.24, 2.45) is 0 Å². The van der Waals surface area contributed by atoms with E-state index in [1.165, 1.54) is 10.1 Å². The summed E-state index contributed by atoms with van der Waals surface area (Å²) in [5, 5.41) is 6.81. The quantitative estimate of drug-likeness (QED) is 0.755. The van der Waals surface area contributed by atoms with E-state index >= 15 is 0 Å². The van der Waals surface area contributed by atoms with E-state index in [-0.39, 0.29) is 0 Å². The molecule has 5 heteroatoms. The largest absolute Gasteiger partial charge is 0.338 e. The molecule has 0 atom stereocenters. The van der Waals surface area contributed by atoms with Crippen LogP contribution >= 0.6 is 22.9 Å². The second kappa shape index (κ2) is 4.31. The van der Waals surface area contributed by atoms with Crippen molar-refractivity contribution in [2.75, 3.05) is 5.32 Å². The van der Waals surface area contributed by atoms with Crippen molar-refractivity contribution in [3.05, 3.63) is 47.2 Å². The summed E-state index contributed by atoms with van der Waals surface area (Å²) in [5.41, 5.74) is 0.957. The van der Waals surface area contributed by atoms with E-state index in [9.17, 15) is 0 Å². The van der Waals surface area contributed by atoms with Crippen molar-refractivity contribution in [1.82, 2.24) is 9.97 Å². The monoisotopic (exact) mass is 261 g/mol. The maximum atomic E-state index is 5.94. The van der Waals surface area contributed by atoms with Crippen molar-refractivity contribution in [2.45, 2.75) is 0 Å². The molecule has 3 nitrogen and oxygen atoms in total. The first kappa shape index (κ1) is 10.5. The fourth-order valence-electron chi connectivity index (χ4n) is 1.59. The predicted octanol–water partition coefficient (Wildman–Crippen LogP) is 4.09. The third-order valence-corrected chi connectivity index (χ3v) is 3.54. The minimum atomic E-state index is 0.373. The lowest BCUT2D eigenvalue weighted by Crippen LogP contribution is -1.95. The summed E-state index contributed by atoms with van der Waals surface area (Å²) in [6, 6.07) is 8.23. The van der Waals surface area contributed by atoms with Gasteiger partial charge in [-0.1, -0.05) is 11.6 Å². The average Bonchev–Trinajstić information content (AvgIpc) is 2.79. The molecule has 0 amide bonds. The molecule has 0 aliphatic heterocycles. The molecule has 0 aliphatic carbocycles. The molecule has 0 radical (unpaired) electrons. The van der Waals surface area contributed by atoms with Crippen molar-refractivity contribution < 1.29 is 0 Å². The molecule has 3 aromatic rings. The second-order valence-electron chi connectivity index (χ2n) is 3.49. The molecule has 0 fully saturated rings. The molecule has 84 valence electrons. The molecule has 1 aromatic carbocycles. The van der Waals surface area contributed by atoms with E-state index in [1.807, 2.05) is 6.07 Å². The fourth-order valence-corrected chi connectivity index (χ4v) is 2.51. The molecular weight excluding hydrogens is 254 g/mol. The Morgan fingerprint density at radius 1 is 1.12 bits per heavy atom. The van der Waals surface area contributed by atoms with Gasteiger partial charge in [-0.15, -0.1) is 11.3 Å². The van der Waals surface area contributed by atoms with E-state index < -0.39 is 0 Å². The Morgan fingerprint density at radius 3 is 2.88 bits per heavy atom. The molecule has 0 bridgehead atoms. The zero-order valence-corrected chi connectivity index (χ0v) is 10.3. The molecule has 2 heterocycles. The first-order valence-electron chi connectivity index (χ1n) is 5.04. The van der Waals surface area contributed by atoms with Crippen LogP contribution in [0, 0.1) is 0 Å². The Labute approximate surface area is 107 Å². The molecule has 0 spiro atoms. The number of anilines is 2. The van der Waals surface area contributed by atoms with E-state index in [0.717, 1.165) is 5.69 Å². The van der Waals surface area contributed by atoms with Gasteiger partial charge in [-0.3, -0.25) is 0 Å². The summed E-state index contributed by atoms with van der Waals surface area (Å²) < 4.78 is 1.26. The van der Waals surface area contributed by atoms with Gasteiger partial charge in [0.2, 0.25) is 0 Å². The Kier molecular flexibility index (Phi) is 2.66. The molecule has 3 rings (SSSR count). The third-order valence-electron chi connectivity index (χ3n) is 2.37. The highest BCUT2D eigenvalue weighted by Crippen LogP contribution is 2.26. The Hall–Kier alpha value is -1.65. The van der Waals surface area contributed by atoms with Gasteiger partial charge in [-0.05, 0) is 35.0 Å². The smallest absolute Gasteiger partial charge is 0.171 e. The summed E-state index contributed by atoms with van der Waals surface area (Å²) in [6.07, 6.45) is 3.17. The van der Waals surface area contributed by atoms with Crippen LogP contribution in [-0.4, -0.2) is 9.97 Å². The van der Waals surface area contributed by atoms with E-state index in [0.29, 0.717) is 11.0 Å². The lowest BCUT2D eigenvalue weighted by atomic mass is 10.2. The molecule has 2 aromatic heterocycles. The third kappa shape index (κ3) is 2.09. The van der Waals surface area contributed by atoms with E-state index in [1.54, 1.807) is 23.7 Å². The second-order valence-corrected chi connectivity index (χ2v) is 4.80. The highest BCUT2D eigenvalue weighted by atomic mass is 35.5. The van der Waals surface area contributed by atoms with Crippen LogP contribution in [0.15, 0.2) is 42.0 Å². The number of fused-ring (bicyclic) bond motifs is 1. The number of hydrogen-bond donors (Lipinski definition) is 1. The summed E-state index contributed by atoms with van der Waals surface area (Å²) in [6.45, 7) is 0. The number of hydrogen-bond acceptors (Lipinski definition) is 4. The minimum Gasteiger partial charge on any atom is -0.338 e. The van der Waals surface area contributed by atoms with Crippen LogP contribution in [0.4, 0.5) is 11.5 Å². The van der Waals surface area contributed by atoms with Crippen LogP contribution in [-0.2, 0) is 0 Å². The van der Waals surface area contributed by atoms with E-state index in [2.05, 4.69) is 38.9 Å². The SMILES string of the molecule is Clc1nccnc1Nc1ccc2sccc2c1. The number of nitrogens with one attached hydrogen (secondary N) is 1. The summed E-state index contributed by atoms with van der Waals surface area (Å²) in [5.74, 6) is 0.573. The van der Waals surface area contributed by atoms with Gasteiger partial charge < -0.3 is 5.32 Å². The molecule has 0 saturated carbocycles. The Balaban J connectivity index is 1.97. The van der Waals surface area contributed by atoms with Crippen molar-refractivity contribution >= 4 is 44.5 Å². The molecular formula is C12H8ClN3S. The average molecular weight is 262 g/mol. The van der Waals surface area contributed by atoms with Crippen LogP contribution in [0.2, 0.25) is 5.15 Å². The van der Waals surface area contributed by atoms with Gasteiger partial charge in [0.15, 0.2) is 11.0 Å². The first-order chi connectivity index (χ1) is 8.33. The van der Waals surface area contributed by atoms with Crippen LogP contribution < -0.4 is 5.32 Å². The van der Waals surface area contributed by atoms with Gasteiger partial charge in [-0.25, -0.2) is 9.97 Å². The number of rotatable bonds is 2. The predicted molar refractivity (Wildman–Crippen MR) is 72.1 cm³/mol. The lowest BCUT2D eigenvalue weighted by molar-refractivity contribution is 1.20. The van der Waals surface area contributed by atoms with Gasteiger partial charge in [0.1, 0.15) is 0 Å². The van der Waals surface area contributed by atoms with Crippen LogP contribution in [0.5, 0.6) is 0 Å². The molecule has 1 N–H and O–H groups in total. The summed E-state index contributed by atoms with van der Waals surface area (Å²) in [7, 11) is 0. The topological polar surface area (TPSA) is 37.8 Å².